The molecule has 0 unspecified atom stereocenters. The number of nitrogens with zero attached hydrogens (tertiary/aromatic N) is 6. The molecule has 0 aliphatic carbocycles. The first kappa shape index (κ1) is 9.63. The highest BCUT2D eigenvalue weighted by Gasteiger charge is 2.24. The quantitative estimate of drug-likeness (QED) is 0.516. The maximum atomic E-state index is 10.3. The van der Waals surface area contributed by atoms with Gasteiger partial charge in [0.15, 0.2) is 0 Å². The van der Waals surface area contributed by atoms with E-state index in [9.17, 15) is 20.2 Å². The van der Waals surface area contributed by atoms with E-state index in [1.54, 1.807) is 0 Å². The van der Waals surface area contributed by atoms with Crippen LogP contribution in [0.5, 0.6) is 0 Å². The first-order chi connectivity index (χ1) is 7.58. The molecule has 2 heterocycles. The smallest absolute Gasteiger partial charge is 0.390 e. The number of hydrogen-bond donors (Lipinski definition) is 2. The predicted octanol–water partition coefficient (Wildman–Crippen LogP) is -0.594. The van der Waals surface area contributed by atoms with Gasteiger partial charge in [-0.2, -0.15) is 10.2 Å². The van der Waals surface area contributed by atoms with Gasteiger partial charge in [0.1, 0.15) is 0 Å². The first-order valence-corrected chi connectivity index (χ1v) is 3.72. The largest absolute Gasteiger partial charge is 0.491 e. The normalized spacial score (nSPS) is 10.2. The number of aromatic amines is 2. The number of nitro groups is 2. The highest BCUT2D eigenvalue weighted by Crippen LogP contribution is 2.13. The SMILES string of the molecule is O=[N+]([O-])c1n[nH]c(-c2nc([N+](=O)[O-])n[nH]2)n1. The van der Waals surface area contributed by atoms with Crippen molar-refractivity contribution in [2.45, 2.75) is 0 Å². The molecule has 2 N–H and O–H groups in total. The van der Waals surface area contributed by atoms with Crippen molar-refractivity contribution in [2.24, 2.45) is 0 Å². The lowest BCUT2D eigenvalue weighted by molar-refractivity contribution is -0.394. The Kier molecular flexibility index (Phi) is 2.01. The summed E-state index contributed by atoms with van der Waals surface area (Å²) in [6.45, 7) is 0. The van der Waals surface area contributed by atoms with Crippen LogP contribution >= 0.6 is 0 Å². The average molecular weight is 226 g/mol. The second-order valence-electron chi connectivity index (χ2n) is 2.48. The summed E-state index contributed by atoms with van der Waals surface area (Å²) in [6.07, 6.45) is 0. The van der Waals surface area contributed by atoms with Crippen LogP contribution in [0.1, 0.15) is 0 Å². The highest BCUT2D eigenvalue weighted by atomic mass is 16.6. The van der Waals surface area contributed by atoms with Crippen molar-refractivity contribution < 1.29 is 9.85 Å². The maximum Gasteiger partial charge on any atom is 0.491 e. The average Bonchev–Trinajstić information content (AvgIpc) is 2.86. The van der Waals surface area contributed by atoms with Crippen LogP contribution in [-0.2, 0) is 0 Å². The highest BCUT2D eigenvalue weighted by molar-refractivity contribution is 5.43. The molecule has 0 aliphatic heterocycles. The van der Waals surface area contributed by atoms with Crippen LogP contribution in [-0.4, -0.2) is 40.2 Å². The number of H-pyrrole nitrogens is 2. The van der Waals surface area contributed by atoms with Crippen molar-refractivity contribution in [1.82, 2.24) is 30.4 Å². The van der Waals surface area contributed by atoms with Crippen molar-refractivity contribution in [2.75, 3.05) is 0 Å². The molecule has 16 heavy (non-hydrogen) atoms. The maximum absolute atomic E-state index is 10.3. The van der Waals surface area contributed by atoms with Gasteiger partial charge >= 0.3 is 23.5 Å². The van der Waals surface area contributed by atoms with Gasteiger partial charge in [-0.15, -0.1) is 0 Å². The standard InChI is InChI=1S/C4H2N8O4/c13-11(14)3-5-1(7-9-3)2-6-4(10-8-2)12(15)16/h(H,5,7,9)(H,6,8,10). The molecule has 0 atom stereocenters. The summed E-state index contributed by atoms with van der Waals surface area (Å²) in [5.74, 6) is -1.53. The molecule has 12 nitrogen and oxygen atoms in total. The first-order valence-electron chi connectivity index (χ1n) is 3.72. The lowest BCUT2D eigenvalue weighted by atomic mass is 10.6. The van der Waals surface area contributed by atoms with Crippen LogP contribution in [0, 0.1) is 20.2 Å². The van der Waals surface area contributed by atoms with Crippen LogP contribution < -0.4 is 0 Å². The zero-order chi connectivity index (χ0) is 11.7. The van der Waals surface area contributed by atoms with Crippen LogP contribution in [0.15, 0.2) is 0 Å². The molecule has 0 saturated carbocycles. The molecule has 12 heteroatoms. The van der Waals surface area contributed by atoms with Gasteiger partial charge in [0.2, 0.25) is 0 Å². The fraction of sp³-hybridized carbons (Fsp3) is 0. The summed E-state index contributed by atoms with van der Waals surface area (Å²) in [4.78, 5) is 25.8. The Balaban J connectivity index is 2.35. The second kappa shape index (κ2) is 3.34. The van der Waals surface area contributed by atoms with E-state index in [0.29, 0.717) is 0 Å². The van der Waals surface area contributed by atoms with E-state index in [2.05, 4.69) is 30.4 Å². The van der Waals surface area contributed by atoms with E-state index in [-0.39, 0.29) is 11.6 Å². The summed E-state index contributed by atoms with van der Waals surface area (Å²) >= 11 is 0. The molecule has 0 aliphatic rings. The van der Waals surface area contributed by atoms with Gasteiger partial charge < -0.3 is 20.2 Å². The topological polar surface area (TPSA) is 169 Å². The van der Waals surface area contributed by atoms with Crippen molar-refractivity contribution in [3.05, 3.63) is 20.2 Å². The van der Waals surface area contributed by atoms with Crippen LogP contribution in [0.3, 0.4) is 0 Å². The molecule has 0 fully saturated rings. The van der Waals surface area contributed by atoms with Gasteiger partial charge in [-0.25, -0.2) is 0 Å². The minimum Gasteiger partial charge on any atom is -0.390 e. The number of rotatable bonds is 3. The van der Waals surface area contributed by atoms with Gasteiger partial charge in [0, 0.05) is 10.2 Å². The minimum atomic E-state index is -0.815. The van der Waals surface area contributed by atoms with Gasteiger partial charge in [0.05, 0.1) is 0 Å². The van der Waals surface area contributed by atoms with E-state index in [4.69, 9.17) is 0 Å². The molecule has 0 aromatic carbocycles. The number of hydrogen-bond acceptors (Lipinski definition) is 8. The lowest BCUT2D eigenvalue weighted by Crippen LogP contribution is -1.90. The number of nitrogens with one attached hydrogen (secondary N) is 2. The molecule has 0 bridgehead atoms. The molecule has 0 radical (unpaired) electrons. The Labute approximate surface area is 85.0 Å². The van der Waals surface area contributed by atoms with Crippen molar-refractivity contribution >= 4 is 11.9 Å². The third-order valence-electron chi connectivity index (χ3n) is 1.50. The molecule has 2 aromatic rings. The fourth-order valence-corrected chi connectivity index (χ4v) is 0.881. The van der Waals surface area contributed by atoms with Crippen LogP contribution in [0.4, 0.5) is 11.9 Å². The Morgan fingerprint density at radius 3 is 1.50 bits per heavy atom. The lowest BCUT2D eigenvalue weighted by Gasteiger charge is -1.82. The third kappa shape index (κ3) is 1.54. The third-order valence-corrected chi connectivity index (χ3v) is 1.50. The Bertz CT molecular complexity index is 506. The molecule has 2 rings (SSSR count). The van der Waals surface area contributed by atoms with E-state index >= 15 is 0 Å². The summed E-state index contributed by atoms with van der Waals surface area (Å²) in [5.41, 5.74) is 0. The summed E-state index contributed by atoms with van der Waals surface area (Å²) in [6, 6.07) is 0. The minimum absolute atomic E-state index is 0.104. The van der Waals surface area contributed by atoms with Gasteiger partial charge in [-0.05, 0) is 19.8 Å². The van der Waals surface area contributed by atoms with Gasteiger partial charge in [-0.3, -0.25) is 0 Å². The number of aromatic nitrogens is 6. The summed E-state index contributed by atoms with van der Waals surface area (Å²) < 4.78 is 0. The molecular formula is C4H2N8O4. The molecule has 0 amide bonds. The van der Waals surface area contributed by atoms with E-state index in [1.807, 2.05) is 0 Å². The molecular weight excluding hydrogens is 224 g/mol. The molecule has 82 valence electrons. The molecule has 0 saturated heterocycles. The van der Waals surface area contributed by atoms with Gasteiger partial charge in [-0.1, -0.05) is 0 Å². The van der Waals surface area contributed by atoms with Crippen LogP contribution in [0.25, 0.3) is 11.6 Å². The second-order valence-corrected chi connectivity index (χ2v) is 2.48. The van der Waals surface area contributed by atoms with E-state index < -0.39 is 21.7 Å². The molecule has 2 aromatic heterocycles. The monoisotopic (exact) mass is 226 g/mol. The molecule has 0 spiro atoms. The fourth-order valence-electron chi connectivity index (χ4n) is 0.881. The van der Waals surface area contributed by atoms with Crippen LogP contribution in [0.2, 0.25) is 0 Å². The van der Waals surface area contributed by atoms with Gasteiger partial charge in [0.25, 0.3) is 0 Å². The Morgan fingerprint density at radius 2 is 1.25 bits per heavy atom. The van der Waals surface area contributed by atoms with Crippen molar-refractivity contribution in [3.8, 4) is 11.6 Å². The summed E-state index contributed by atoms with van der Waals surface area (Å²) in [7, 11) is 0. The summed E-state index contributed by atoms with van der Waals surface area (Å²) in [5, 5.41) is 31.4. The zero-order valence-electron chi connectivity index (χ0n) is 7.32. The zero-order valence-corrected chi connectivity index (χ0v) is 7.32. The Morgan fingerprint density at radius 1 is 0.875 bits per heavy atom. The van der Waals surface area contributed by atoms with Crippen molar-refractivity contribution in [3.63, 3.8) is 0 Å². The van der Waals surface area contributed by atoms with E-state index in [1.165, 1.54) is 0 Å². The predicted molar refractivity (Wildman–Crippen MR) is 45.1 cm³/mol. The van der Waals surface area contributed by atoms with E-state index in [0.717, 1.165) is 0 Å². The Hall–Kier alpha value is -2.92. The van der Waals surface area contributed by atoms with Crippen molar-refractivity contribution in [1.29, 1.82) is 0 Å².